The molecule has 0 radical (unpaired) electrons. The van der Waals surface area contributed by atoms with Gasteiger partial charge in [-0.2, -0.15) is 0 Å². The Labute approximate surface area is 279 Å². The minimum Gasteiger partial charge on any atom is -0.467 e. The maximum atomic E-state index is 13.8. The van der Waals surface area contributed by atoms with Crippen molar-refractivity contribution in [3.05, 3.63) is 47.7 Å². The molecule has 2 aromatic rings. The zero-order chi connectivity index (χ0) is 34.4. The van der Waals surface area contributed by atoms with E-state index in [4.69, 9.17) is 9.47 Å². The van der Waals surface area contributed by atoms with Gasteiger partial charge in [0.05, 0.1) is 13.5 Å². The van der Waals surface area contributed by atoms with Crippen LogP contribution < -0.4 is 5.32 Å². The first-order valence-electron chi connectivity index (χ1n) is 16.9. The highest BCUT2D eigenvalue weighted by atomic mass is 16.5. The number of para-hydroxylation sites is 1. The van der Waals surface area contributed by atoms with Crippen LogP contribution in [0.25, 0.3) is 10.9 Å². The van der Waals surface area contributed by atoms with Crippen molar-refractivity contribution in [1.29, 1.82) is 0 Å². The molecule has 1 amide bonds. The summed E-state index contributed by atoms with van der Waals surface area (Å²) in [4.78, 5) is 80.5. The standard InChI is InChI=1S/C37H44N2O9/c1-35-14-12-23(40)17-22(35)8-9-25-26-13-15-37(46,36(26,2)18-29(41)33(25)35)30(42)20-48-32(44)11-10-31(43)39-28(34(45)47-3)16-21-19-38-27-7-5-4-6-24(21)27/h4-7,17,19,25-26,28,33,38,46H,8-16,18,20H2,1-3H3,(H,39,43)/t25-,26+,28-,33+,35-,36-,37-/m0/s1. The van der Waals surface area contributed by atoms with Crippen LogP contribution in [0.1, 0.15) is 77.2 Å². The van der Waals surface area contributed by atoms with Crippen molar-refractivity contribution in [1.82, 2.24) is 10.3 Å². The Bertz CT molecular complexity index is 1710. The Morgan fingerprint density at radius 3 is 2.60 bits per heavy atom. The topological polar surface area (TPSA) is 169 Å². The number of ether oxygens (including phenoxy) is 2. The van der Waals surface area contributed by atoms with E-state index in [1.165, 1.54) is 7.11 Å². The van der Waals surface area contributed by atoms with Crippen molar-refractivity contribution in [2.45, 2.75) is 89.7 Å². The van der Waals surface area contributed by atoms with Crippen LogP contribution in [0, 0.1) is 28.6 Å². The lowest BCUT2D eigenvalue weighted by Crippen LogP contribution is -2.61. The SMILES string of the molecule is COC(=O)[C@H](Cc1c[nH]c2ccccc12)NC(=O)CCC(=O)OCC(=O)[C@@]1(O)CC[C@@H]2[C@@H]3CCC4=CC(=O)CC[C@]4(C)[C@H]3C(=O)C[C@@]21C. The highest BCUT2D eigenvalue weighted by Crippen LogP contribution is 2.66. The van der Waals surface area contributed by atoms with E-state index in [2.05, 4.69) is 17.2 Å². The van der Waals surface area contributed by atoms with Crippen LogP contribution in [-0.4, -0.2) is 70.6 Å². The number of aliphatic hydroxyl groups is 1. The van der Waals surface area contributed by atoms with E-state index in [0.29, 0.717) is 19.3 Å². The second-order valence-electron chi connectivity index (χ2n) is 14.6. The van der Waals surface area contributed by atoms with Crippen molar-refractivity contribution in [3.63, 3.8) is 0 Å². The van der Waals surface area contributed by atoms with Crippen molar-refractivity contribution >= 4 is 46.1 Å². The number of fused-ring (bicyclic) bond motifs is 6. The molecule has 0 aliphatic heterocycles. The largest absolute Gasteiger partial charge is 0.467 e. The van der Waals surface area contributed by atoms with Gasteiger partial charge in [0.2, 0.25) is 11.7 Å². The molecule has 0 saturated heterocycles. The molecule has 1 aromatic carbocycles. The van der Waals surface area contributed by atoms with E-state index in [9.17, 15) is 33.9 Å². The fraction of sp³-hybridized carbons (Fsp3) is 0.568. The first-order chi connectivity index (χ1) is 22.8. The first-order valence-corrected chi connectivity index (χ1v) is 16.9. The summed E-state index contributed by atoms with van der Waals surface area (Å²) < 4.78 is 10.1. The normalized spacial score (nSPS) is 31.6. The summed E-state index contributed by atoms with van der Waals surface area (Å²) in [5.41, 5.74) is -0.439. The van der Waals surface area contributed by atoms with Gasteiger partial charge in [-0.15, -0.1) is 0 Å². The van der Waals surface area contributed by atoms with Crippen molar-refractivity contribution < 1.29 is 43.3 Å². The number of hydrogen-bond donors (Lipinski definition) is 3. The number of amides is 1. The second-order valence-corrected chi connectivity index (χ2v) is 14.6. The molecule has 11 nitrogen and oxygen atoms in total. The molecule has 6 rings (SSSR count). The molecule has 48 heavy (non-hydrogen) atoms. The van der Waals surface area contributed by atoms with Crippen molar-refractivity contribution in [3.8, 4) is 0 Å². The number of aromatic nitrogens is 1. The number of benzene rings is 1. The molecular weight excluding hydrogens is 616 g/mol. The number of carbonyl (C=O) groups excluding carboxylic acids is 6. The van der Waals surface area contributed by atoms with Crippen LogP contribution in [0.15, 0.2) is 42.1 Å². The number of allylic oxidation sites excluding steroid dienone is 1. The first kappa shape index (κ1) is 33.8. The molecule has 3 N–H and O–H groups in total. The molecule has 3 fully saturated rings. The molecular formula is C37H44N2O9. The zero-order valence-electron chi connectivity index (χ0n) is 27.8. The number of H-pyrrole nitrogens is 1. The number of methoxy groups -OCH3 is 1. The lowest BCUT2D eigenvalue weighted by atomic mass is 9.46. The van der Waals surface area contributed by atoms with Crippen LogP contribution in [0.4, 0.5) is 0 Å². The Balaban J connectivity index is 1.04. The number of rotatable bonds is 10. The number of Topliss-reactive ketones (excluding diaryl/α,β-unsaturated/α-hetero) is 2. The van der Waals surface area contributed by atoms with E-state index >= 15 is 0 Å². The number of hydrogen-bond acceptors (Lipinski definition) is 9. The van der Waals surface area contributed by atoms with Gasteiger partial charge in [0, 0.05) is 54.1 Å². The van der Waals surface area contributed by atoms with E-state index in [0.717, 1.165) is 34.9 Å². The van der Waals surface area contributed by atoms with E-state index in [-0.39, 0.29) is 66.8 Å². The van der Waals surface area contributed by atoms with Crippen molar-refractivity contribution in [2.75, 3.05) is 13.7 Å². The van der Waals surface area contributed by atoms with Gasteiger partial charge in [0.25, 0.3) is 0 Å². The summed E-state index contributed by atoms with van der Waals surface area (Å²) in [5, 5.41) is 15.4. The molecule has 4 aliphatic carbocycles. The van der Waals surface area contributed by atoms with Gasteiger partial charge in [-0.05, 0) is 67.1 Å². The number of ketones is 3. The minimum absolute atomic E-state index is 0.000674. The van der Waals surface area contributed by atoms with Crippen molar-refractivity contribution in [2.24, 2.45) is 28.6 Å². The van der Waals surface area contributed by atoms with E-state index in [1.807, 2.05) is 31.2 Å². The van der Waals surface area contributed by atoms with Gasteiger partial charge in [-0.3, -0.25) is 24.0 Å². The molecule has 0 spiro atoms. The van der Waals surface area contributed by atoms with Gasteiger partial charge < -0.3 is 24.9 Å². The van der Waals surface area contributed by atoms with Gasteiger partial charge >= 0.3 is 11.9 Å². The lowest BCUT2D eigenvalue weighted by molar-refractivity contribution is -0.173. The number of esters is 2. The van der Waals surface area contributed by atoms with Crippen LogP contribution in [0.3, 0.4) is 0 Å². The fourth-order valence-corrected chi connectivity index (χ4v) is 9.52. The molecule has 256 valence electrons. The smallest absolute Gasteiger partial charge is 0.328 e. The quantitative estimate of drug-likeness (QED) is 0.322. The molecule has 4 aliphatic rings. The summed E-state index contributed by atoms with van der Waals surface area (Å²) in [6.07, 6.45) is 6.38. The molecule has 0 bridgehead atoms. The zero-order valence-corrected chi connectivity index (χ0v) is 27.8. The molecule has 0 unspecified atom stereocenters. The Kier molecular flexibility index (Phi) is 8.95. The summed E-state index contributed by atoms with van der Waals surface area (Å²) in [7, 11) is 1.23. The Morgan fingerprint density at radius 2 is 1.83 bits per heavy atom. The average molecular weight is 661 g/mol. The Morgan fingerprint density at radius 1 is 1.06 bits per heavy atom. The Hall–Kier alpha value is -4.12. The monoisotopic (exact) mass is 660 g/mol. The maximum Gasteiger partial charge on any atom is 0.328 e. The van der Waals surface area contributed by atoms with Gasteiger partial charge in [0.15, 0.2) is 12.4 Å². The van der Waals surface area contributed by atoms with E-state index < -0.39 is 47.3 Å². The van der Waals surface area contributed by atoms with Crippen LogP contribution in [0.5, 0.6) is 0 Å². The highest BCUT2D eigenvalue weighted by Gasteiger charge is 2.68. The summed E-state index contributed by atoms with van der Waals surface area (Å²) in [6, 6.07) is 6.60. The third kappa shape index (κ3) is 5.69. The van der Waals surface area contributed by atoms with Crippen LogP contribution in [0.2, 0.25) is 0 Å². The maximum absolute atomic E-state index is 13.8. The van der Waals surface area contributed by atoms with Gasteiger partial charge in [-0.1, -0.05) is 37.6 Å². The summed E-state index contributed by atoms with van der Waals surface area (Å²) in [6.45, 7) is 3.24. The summed E-state index contributed by atoms with van der Waals surface area (Å²) >= 11 is 0. The lowest BCUT2D eigenvalue weighted by Gasteiger charge is -2.57. The van der Waals surface area contributed by atoms with Crippen LogP contribution in [-0.2, 0) is 44.7 Å². The molecule has 7 atom stereocenters. The number of aromatic amines is 1. The second kappa shape index (κ2) is 12.7. The average Bonchev–Trinajstić information content (AvgIpc) is 3.59. The predicted octanol–water partition coefficient (Wildman–Crippen LogP) is 3.70. The van der Waals surface area contributed by atoms with Gasteiger partial charge in [0.1, 0.15) is 17.4 Å². The molecule has 3 saturated carbocycles. The predicted molar refractivity (Wildman–Crippen MR) is 173 cm³/mol. The van der Waals surface area contributed by atoms with Crippen LogP contribution >= 0.6 is 0 Å². The highest BCUT2D eigenvalue weighted by molar-refractivity contribution is 5.95. The number of nitrogens with one attached hydrogen (secondary N) is 2. The van der Waals surface area contributed by atoms with Gasteiger partial charge in [-0.25, -0.2) is 4.79 Å². The molecule has 1 aromatic heterocycles. The third-order valence-corrected chi connectivity index (χ3v) is 12.1. The molecule has 1 heterocycles. The summed E-state index contributed by atoms with van der Waals surface area (Å²) in [5.74, 6) is -2.80. The van der Waals surface area contributed by atoms with E-state index in [1.54, 1.807) is 12.3 Å². The fourth-order valence-electron chi connectivity index (χ4n) is 9.52. The number of carbonyl (C=O) groups is 6. The molecule has 11 heteroatoms. The minimum atomic E-state index is -1.83. The third-order valence-electron chi connectivity index (χ3n) is 12.1.